The molecule has 0 radical (unpaired) electrons. The summed E-state index contributed by atoms with van der Waals surface area (Å²) in [4.78, 5) is 8.62. The molecule has 2 heteroatoms. The summed E-state index contributed by atoms with van der Waals surface area (Å²) < 4.78 is 0. The van der Waals surface area contributed by atoms with Gasteiger partial charge in [-0.15, -0.1) is 11.8 Å². The molecule has 2 nitrogen and oxygen atoms in total. The lowest BCUT2D eigenvalue weighted by Gasteiger charge is -2.01. The molecule has 2 aromatic rings. The van der Waals surface area contributed by atoms with Crippen LogP contribution in [0, 0.1) is 23.7 Å². The number of aromatic nitrogens is 2. The Morgan fingerprint density at radius 1 is 0.812 bits per heavy atom. The third kappa shape index (κ3) is 1.74. The van der Waals surface area contributed by atoms with Crippen molar-refractivity contribution in [2.45, 2.75) is 13.8 Å². The van der Waals surface area contributed by atoms with Gasteiger partial charge in [0.05, 0.1) is 11.1 Å². The first kappa shape index (κ1) is 10.2. The Labute approximate surface area is 94.7 Å². The number of rotatable bonds is 0. The average molecular weight is 206 g/mol. The van der Waals surface area contributed by atoms with Gasteiger partial charge in [0.15, 0.2) is 0 Å². The van der Waals surface area contributed by atoms with Crippen molar-refractivity contribution in [3.8, 4) is 23.7 Å². The summed E-state index contributed by atoms with van der Waals surface area (Å²) in [7, 11) is 0. The van der Waals surface area contributed by atoms with Crippen molar-refractivity contribution in [3.05, 3.63) is 35.7 Å². The average Bonchev–Trinajstić information content (AvgIpc) is 2.33. The summed E-state index contributed by atoms with van der Waals surface area (Å²) in [6, 6.07) is 3.88. The van der Waals surface area contributed by atoms with Crippen molar-refractivity contribution >= 4 is 11.0 Å². The third-order valence-electron chi connectivity index (χ3n) is 2.14. The van der Waals surface area contributed by atoms with Crippen LogP contribution in [-0.2, 0) is 0 Å². The van der Waals surface area contributed by atoms with Gasteiger partial charge in [0.2, 0.25) is 0 Å². The molecular weight excluding hydrogens is 196 g/mol. The van der Waals surface area contributed by atoms with Crippen LogP contribution in [0.3, 0.4) is 0 Å². The van der Waals surface area contributed by atoms with E-state index in [1.165, 1.54) is 0 Å². The number of hydrogen-bond donors (Lipinski definition) is 0. The lowest BCUT2D eigenvalue weighted by Crippen LogP contribution is -1.90. The zero-order chi connectivity index (χ0) is 11.4. The first-order valence-corrected chi connectivity index (χ1v) is 4.96. The molecule has 0 unspecified atom stereocenters. The molecular formula is C14H10N2. The monoisotopic (exact) mass is 206 g/mol. The maximum Gasteiger partial charge on any atom is 0.106 e. The second kappa shape index (κ2) is 4.47. The number of hydrogen-bond acceptors (Lipinski definition) is 2. The van der Waals surface area contributed by atoms with Crippen molar-refractivity contribution < 1.29 is 0 Å². The van der Waals surface area contributed by atoms with Gasteiger partial charge < -0.3 is 0 Å². The summed E-state index contributed by atoms with van der Waals surface area (Å²) in [5.41, 5.74) is 3.42. The molecule has 0 aliphatic rings. The van der Waals surface area contributed by atoms with E-state index in [9.17, 15) is 0 Å². The molecule has 16 heavy (non-hydrogen) atoms. The van der Waals surface area contributed by atoms with E-state index in [4.69, 9.17) is 0 Å². The maximum absolute atomic E-state index is 4.31. The Hall–Kier alpha value is -2.32. The van der Waals surface area contributed by atoms with E-state index >= 15 is 0 Å². The molecule has 0 fully saturated rings. The molecule has 0 aliphatic carbocycles. The molecule has 0 saturated heterocycles. The molecule has 1 aromatic heterocycles. The highest BCUT2D eigenvalue weighted by Gasteiger charge is 2.04. The first-order chi connectivity index (χ1) is 7.86. The van der Waals surface area contributed by atoms with Crippen molar-refractivity contribution in [2.24, 2.45) is 0 Å². The molecule has 1 heterocycles. The van der Waals surface area contributed by atoms with Gasteiger partial charge >= 0.3 is 0 Å². The Morgan fingerprint density at radius 3 is 1.62 bits per heavy atom. The highest BCUT2D eigenvalue weighted by Crippen LogP contribution is 2.17. The van der Waals surface area contributed by atoms with Gasteiger partial charge in [0.25, 0.3) is 0 Å². The van der Waals surface area contributed by atoms with E-state index in [1.54, 1.807) is 12.4 Å². The molecule has 1 aromatic carbocycles. The van der Waals surface area contributed by atoms with E-state index in [1.807, 2.05) is 26.0 Å². The van der Waals surface area contributed by atoms with Crippen LogP contribution in [0.25, 0.3) is 11.0 Å². The van der Waals surface area contributed by atoms with Crippen LogP contribution in [0.1, 0.15) is 25.0 Å². The Kier molecular flexibility index (Phi) is 2.85. The quantitative estimate of drug-likeness (QED) is 0.618. The topological polar surface area (TPSA) is 25.8 Å². The van der Waals surface area contributed by atoms with Gasteiger partial charge in [0, 0.05) is 12.4 Å². The molecule has 0 saturated carbocycles. The largest absolute Gasteiger partial charge is 0.252 e. The van der Waals surface area contributed by atoms with Crippen molar-refractivity contribution in [3.63, 3.8) is 0 Å². The van der Waals surface area contributed by atoms with E-state index in [-0.39, 0.29) is 0 Å². The van der Waals surface area contributed by atoms with Gasteiger partial charge in [0.1, 0.15) is 11.0 Å². The zero-order valence-electron chi connectivity index (χ0n) is 9.20. The van der Waals surface area contributed by atoms with Gasteiger partial charge in [-0.25, -0.2) is 0 Å². The van der Waals surface area contributed by atoms with Crippen LogP contribution in [0.4, 0.5) is 0 Å². The fraction of sp³-hybridized carbons (Fsp3) is 0.143. The molecule has 0 atom stereocenters. The Morgan fingerprint density at radius 2 is 1.25 bits per heavy atom. The number of nitrogens with zero attached hydrogens (tertiary/aromatic N) is 2. The fourth-order valence-corrected chi connectivity index (χ4v) is 1.53. The van der Waals surface area contributed by atoms with Crippen LogP contribution < -0.4 is 0 Å². The molecule has 0 N–H and O–H groups in total. The first-order valence-electron chi connectivity index (χ1n) is 4.96. The van der Waals surface area contributed by atoms with Gasteiger partial charge in [-0.2, -0.15) is 0 Å². The van der Waals surface area contributed by atoms with Crippen molar-refractivity contribution in [2.75, 3.05) is 0 Å². The zero-order valence-corrected chi connectivity index (χ0v) is 9.20. The van der Waals surface area contributed by atoms with Gasteiger partial charge in [-0.3, -0.25) is 9.97 Å². The van der Waals surface area contributed by atoms with E-state index in [2.05, 4.69) is 33.6 Å². The summed E-state index contributed by atoms with van der Waals surface area (Å²) in [6.07, 6.45) is 3.35. The smallest absolute Gasteiger partial charge is 0.106 e. The maximum atomic E-state index is 4.31. The summed E-state index contributed by atoms with van der Waals surface area (Å²) >= 11 is 0. The summed E-state index contributed by atoms with van der Waals surface area (Å²) in [5.74, 6) is 11.8. The number of benzene rings is 1. The van der Waals surface area contributed by atoms with Gasteiger partial charge in [-0.05, 0) is 26.0 Å². The normalized spacial score (nSPS) is 8.88. The fourth-order valence-electron chi connectivity index (χ4n) is 1.53. The molecule has 0 aliphatic heterocycles. The van der Waals surface area contributed by atoms with Crippen LogP contribution >= 0.6 is 0 Å². The van der Waals surface area contributed by atoms with E-state index in [0.717, 1.165) is 22.2 Å². The Bertz CT molecular complexity index is 590. The molecule has 76 valence electrons. The number of fused-ring (bicyclic) bond motifs is 1. The lowest BCUT2D eigenvalue weighted by atomic mass is 10.1. The van der Waals surface area contributed by atoms with E-state index in [0.29, 0.717) is 0 Å². The lowest BCUT2D eigenvalue weighted by molar-refractivity contribution is 1.28. The van der Waals surface area contributed by atoms with Crippen molar-refractivity contribution in [1.29, 1.82) is 0 Å². The van der Waals surface area contributed by atoms with Crippen LogP contribution in [0.2, 0.25) is 0 Å². The SMILES string of the molecule is CC#Cc1ccc(C#CC)c2nccnc12. The molecule has 0 amide bonds. The highest BCUT2D eigenvalue weighted by atomic mass is 14.8. The minimum absolute atomic E-state index is 0.817. The van der Waals surface area contributed by atoms with Crippen molar-refractivity contribution in [1.82, 2.24) is 9.97 Å². The molecule has 0 spiro atoms. The minimum atomic E-state index is 0.817. The standard InChI is InChI=1S/C14H10N2/c1-3-5-11-7-8-12(6-4-2)14-13(11)15-9-10-16-14/h7-10H,1-2H3. The summed E-state index contributed by atoms with van der Waals surface area (Å²) in [5, 5.41) is 0. The minimum Gasteiger partial charge on any atom is -0.252 e. The van der Waals surface area contributed by atoms with Crippen LogP contribution in [0.5, 0.6) is 0 Å². The molecule has 2 rings (SSSR count). The second-order valence-corrected chi connectivity index (χ2v) is 3.16. The second-order valence-electron chi connectivity index (χ2n) is 3.16. The highest BCUT2D eigenvalue weighted by molar-refractivity contribution is 5.86. The van der Waals surface area contributed by atoms with E-state index < -0.39 is 0 Å². The van der Waals surface area contributed by atoms with Crippen LogP contribution in [0.15, 0.2) is 24.5 Å². The third-order valence-corrected chi connectivity index (χ3v) is 2.14. The predicted molar refractivity (Wildman–Crippen MR) is 64.6 cm³/mol. The predicted octanol–water partition coefficient (Wildman–Crippen LogP) is 2.37. The van der Waals surface area contributed by atoms with Gasteiger partial charge in [-0.1, -0.05) is 11.8 Å². The summed E-state index contributed by atoms with van der Waals surface area (Å²) in [6.45, 7) is 3.62. The Balaban J connectivity index is 2.83. The van der Waals surface area contributed by atoms with Crippen LogP contribution in [-0.4, -0.2) is 9.97 Å². The molecule has 0 bridgehead atoms.